The molecule has 2 aliphatic heterocycles. The van der Waals surface area contributed by atoms with Crippen LogP contribution in [0.25, 0.3) is 0 Å². The van der Waals surface area contributed by atoms with E-state index in [1.165, 1.54) is 0 Å². The maximum atomic E-state index is 10.7. The van der Waals surface area contributed by atoms with Gasteiger partial charge in [-0.1, -0.05) is 0 Å². The molecule has 0 bridgehead atoms. The van der Waals surface area contributed by atoms with E-state index in [-0.39, 0.29) is 12.2 Å². The van der Waals surface area contributed by atoms with Gasteiger partial charge in [-0.3, -0.25) is 4.79 Å². The molecular weight excluding hydrogens is 272 g/mol. The minimum atomic E-state index is -0.784. The Morgan fingerprint density at radius 2 is 1.71 bits per heavy atom. The van der Waals surface area contributed by atoms with Gasteiger partial charge in [-0.25, -0.2) is 0 Å². The molecule has 114 valence electrons. The first-order valence-electron chi connectivity index (χ1n) is 7.55. The van der Waals surface area contributed by atoms with Crippen molar-refractivity contribution in [2.24, 2.45) is 0 Å². The number of rotatable bonds is 4. The molecule has 0 atom stereocenters. The van der Waals surface area contributed by atoms with Crippen LogP contribution in [-0.2, 0) is 24.1 Å². The van der Waals surface area contributed by atoms with Gasteiger partial charge in [0.05, 0.1) is 13.2 Å². The molecule has 0 aromatic heterocycles. The van der Waals surface area contributed by atoms with E-state index in [0.29, 0.717) is 31.8 Å². The largest absolute Gasteiger partial charge is 0.504 e. The number of phenolic OH excluding ortho intramolecular Hbond substituents is 1. The second kappa shape index (κ2) is 5.84. The molecule has 5 heteroatoms. The second-order valence-corrected chi connectivity index (χ2v) is 5.59. The van der Waals surface area contributed by atoms with Gasteiger partial charge in [0.1, 0.15) is 5.75 Å². The highest BCUT2D eigenvalue weighted by Gasteiger charge is 2.28. The van der Waals surface area contributed by atoms with Crippen LogP contribution in [0.5, 0.6) is 17.2 Å². The van der Waals surface area contributed by atoms with E-state index in [1.807, 2.05) is 0 Å². The molecule has 1 aromatic rings. The number of ether oxygens (including phenoxy) is 2. The number of phenols is 1. The zero-order chi connectivity index (χ0) is 14.8. The standard InChI is InChI=1S/C16H20O5/c17-13(18)7-1-4-10-11-5-2-9-21-16(11)14(19)12-6-3-8-20-15(10)12/h19H,1-9H2,(H,17,18). The molecule has 0 unspecified atom stereocenters. The van der Waals surface area contributed by atoms with Crippen molar-refractivity contribution >= 4 is 5.97 Å². The van der Waals surface area contributed by atoms with Crippen molar-refractivity contribution in [3.05, 3.63) is 16.7 Å². The lowest BCUT2D eigenvalue weighted by Gasteiger charge is -2.28. The van der Waals surface area contributed by atoms with Crippen LogP contribution in [0.2, 0.25) is 0 Å². The number of carboxylic acid groups (broad SMARTS) is 1. The van der Waals surface area contributed by atoms with Crippen LogP contribution in [0.1, 0.15) is 42.4 Å². The van der Waals surface area contributed by atoms with E-state index in [9.17, 15) is 9.90 Å². The first-order chi connectivity index (χ1) is 10.2. The number of hydrogen-bond donors (Lipinski definition) is 2. The molecule has 1 aromatic carbocycles. The molecule has 3 rings (SSSR count). The van der Waals surface area contributed by atoms with Gasteiger partial charge in [-0.15, -0.1) is 0 Å². The van der Waals surface area contributed by atoms with Gasteiger partial charge in [0.2, 0.25) is 0 Å². The Bertz CT molecular complexity index is 527. The fourth-order valence-electron chi connectivity index (χ4n) is 3.20. The van der Waals surface area contributed by atoms with Crippen molar-refractivity contribution in [1.29, 1.82) is 0 Å². The summed E-state index contributed by atoms with van der Waals surface area (Å²) in [5.74, 6) is 0.805. The molecule has 0 amide bonds. The first-order valence-corrected chi connectivity index (χ1v) is 7.55. The Balaban J connectivity index is 2.00. The number of aliphatic carboxylic acids is 1. The average Bonchev–Trinajstić information content (AvgIpc) is 2.50. The van der Waals surface area contributed by atoms with Gasteiger partial charge < -0.3 is 19.7 Å². The summed E-state index contributed by atoms with van der Waals surface area (Å²) < 4.78 is 11.5. The highest BCUT2D eigenvalue weighted by Crippen LogP contribution is 2.47. The molecule has 0 radical (unpaired) electrons. The lowest BCUT2D eigenvalue weighted by Crippen LogP contribution is -2.17. The van der Waals surface area contributed by atoms with Gasteiger partial charge in [0, 0.05) is 23.1 Å². The molecular formula is C16H20O5. The third-order valence-corrected chi connectivity index (χ3v) is 4.14. The van der Waals surface area contributed by atoms with Crippen molar-refractivity contribution in [3.63, 3.8) is 0 Å². The van der Waals surface area contributed by atoms with E-state index in [2.05, 4.69) is 0 Å². The van der Waals surface area contributed by atoms with Crippen LogP contribution in [0.4, 0.5) is 0 Å². The van der Waals surface area contributed by atoms with Gasteiger partial charge in [0.25, 0.3) is 0 Å². The SMILES string of the molecule is O=C(O)CCCc1c2c(c(O)c3c1OCCC3)OCCC2. The van der Waals surface area contributed by atoms with Crippen LogP contribution in [0.3, 0.4) is 0 Å². The highest BCUT2D eigenvalue weighted by atomic mass is 16.5. The number of aromatic hydroxyl groups is 1. The van der Waals surface area contributed by atoms with Crippen molar-refractivity contribution in [2.45, 2.75) is 44.9 Å². The minimum absolute atomic E-state index is 0.144. The summed E-state index contributed by atoms with van der Waals surface area (Å²) in [4.78, 5) is 10.7. The monoisotopic (exact) mass is 292 g/mol. The van der Waals surface area contributed by atoms with Gasteiger partial charge in [0.15, 0.2) is 11.5 Å². The van der Waals surface area contributed by atoms with Crippen molar-refractivity contribution in [2.75, 3.05) is 13.2 Å². The lowest BCUT2D eigenvalue weighted by atomic mass is 9.89. The number of benzene rings is 1. The molecule has 5 nitrogen and oxygen atoms in total. The summed E-state index contributed by atoms with van der Waals surface area (Å²) in [5.41, 5.74) is 2.87. The molecule has 2 aliphatic rings. The second-order valence-electron chi connectivity index (χ2n) is 5.59. The predicted octanol–water partition coefficient (Wildman–Crippen LogP) is 2.45. The van der Waals surface area contributed by atoms with Gasteiger partial charge >= 0.3 is 5.97 Å². The number of carboxylic acids is 1. The minimum Gasteiger partial charge on any atom is -0.504 e. The third kappa shape index (κ3) is 2.64. The molecule has 0 saturated heterocycles. The number of hydrogen-bond acceptors (Lipinski definition) is 4. The quantitative estimate of drug-likeness (QED) is 0.891. The van der Waals surface area contributed by atoms with Gasteiger partial charge in [-0.2, -0.15) is 0 Å². The van der Waals surface area contributed by atoms with E-state index in [0.717, 1.165) is 48.1 Å². The van der Waals surface area contributed by atoms with Crippen LogP contribution in [0.15, 0.2) is 0 Å². The smallest absolute Gasteiger partial charge is 0.303 e. The summed E-state index contributed by atoms with van der Waals surface area (Å²) in [5, 5.41) is 19.2. The van der Waals surface area contributed by atoms with Crippen molar-refractivity contribution < 1.29 is 24.5 Å². The third-order valence-electron chi connectivity index (χ3n) is 4.14. The lowest BCUT2D eigenvalue weighted by molar-refractivity contribution is -0.137. The average molecular weight is 292 g/mol. The Kier molecular flexibility index (Phi) is 3.90. The first kappa shape index (κ1) is 14.0. The predicted molar refractivity (Wildman–Crippen MR) is 76.3 cm³/mol. The van der Waals surface area contributed by atoms with E-state index in [4.69, 9.17) is 14.6 Å². The van der Waals surface area contributed by atoms with Crippen LogP contribution in [0, 0.1) is 0 Å². The molecule has 0 aliphatic carbocycles. The fourth-order valence-corrected chi connectivity index (χ4v) is 3.20. The maximum absolute atomic E-state index is 10.7. The zero-order valence-electron chi connectivity index (χ0n) is 12.0. The Morgan fingerprint density at radius 3 is 2.43 bits per heavy atom. The molecule has 0 fully saturated rings. The van der Waals surface area contributed by atoms with Crippen molar-refractivity contribution in [1.82, 2.24) is 0 Å². The van der Waals surface area contributed by atoms with Crippen LogP contribution >= 0.6 is 0 Å². The topological polar surface area (TPSA) is 76.0 Å². The molecule has 0 saturated carbocycles. The summed E-state index contributed by atoms with van der Waals surface area (Å²) in [7, 11) is 0. The van der Waals surface area contributed by atoms with E-state index in [1.54, 1.807) is 0 Å². The van der Waals surface area contributed by atoms with Crippen LogP contribution < -0.4 is 9.47 Å². The molecule has 2 heterocycles. The van der Waals surface area contributed by atoms with Crippen LogP contribution in [-0.4, -0.2) is 29.4 Å². The number of fused-ring (bicyclic) bond motifs is 2. The Labute approximate surface area is 123 Å². The van der Waals surface area contributed by atoms with Crippen molar-refractivity contribution in [3.8, 4) is 17.2 Å². The maximum Gasteiger partial charge on any atom is 0.303 e. The number of carbonyl (C=O) groups is 1. The fraction of sp³-hybridized carbons (Fsp3) is 0.562. The summed E-state index contributed by atoms with van der Waals surface area (Å²) in [6, 6.07) is 0. The Morgan fingerprint density at radius 1 is 1.05 bits per heavy atom. The normalized spacial score (nSPS) is 16.4. The highest BCUT2D eigenvalue weighted by molar-refractivity contribution is 5.67. The summed E-state index contributed by atoms with van der Waals surface area (Å²) in [6.07, 6.45) is 4.80. The summed E-state index contributed by atoms with van der Waals surface area (Å²) in [6.45, 7) is 1.27. The van der Waals surface area contributed by atoms with E-state index >= 15 is 0 Å². The Hall–Kier alpha value is -1.91. The van der Waals surface area contributed by atoms with Gasteiger partial charge in [-0.05, 0) is 38.5 Å². The molecule has 21 heavy (non-hydrogen) atoms. The van der Waals surface area contributed by atoms with E-state index < -0.39 is 5.97 Å². The summed E-state index contributed by atoms with van der Waals surface area (Å²) >= 11 is 0. The zero-order valence-corrected chi connectivity index (χ0v) is 12.0. The molecule has 2 N–H and O–H groups in total. The molecule has 0 spiro atoms.